The van der Waals surface area contributed by atoms with Crippen molar-refractivity contribution in [2.24, 2.45) is 0 Å². The summed E-state index contributed by atoms with van der Waals surface area (Å²) in [6.45, 7) is 3.23. The van der Waals surface area contributed by atoms with Crippen LogP contribution in [-0.2, 0) is 14.3 Å². The highest BCUT2D eigenvalue weighted by molar-refractivity contribution is 8.00. The number of ketones is 1. The van der Waals surface area contributed by atoms with Crippen molar-refractivity contribution >= 4 is 41.0 Å². The van der Waals surface area contributed by atoms with Gasteiger partial charge >= 0.3 is 5.97 Å². The van der Waals surface area contributed by atoms with Crippen LogP contribution in [0.25, 0.3) is 0 Å². The van der Waals surface area contributed by atoms with Crippen LogP contribution in [0.5, 0.6) is 5.75 Å². The van der Waals surface area contributed by atoms with Crippen LogP contribution in [-0.4, -0.2) is 52.5 Å². The van der Waals surface area contributed by atoms with Gasteiger partial charge in [-0.25, -0.2) is 19.7 Å². The lowest BCUT2D eigenvalue weighted by Crippen LogP contribution is -2.31. The summed E-state index contributed by atoms with van der Waals surface area (Å²) >= 11 is 1.16. The molecule has 2 aromatic carbocycles. The summed E-state index contributed by atoms with van der Waals surface area (Å²) in [4.78, 5) is 60.2. The van der Waals surface area contributed by atoms with Crippen molar-refractivity contribution in [3.8, 4) is 5.75 Å². The first kappa shape index (κ1) is 25.1. The van der Waals surface area contributed by atoms with Gasteiger partial charge < -0.3 is 9.47 Å². The third-order valence-corrected chi connectivity index (χ3v) is 6.46. The number of thioether (sulfide) groups is 1. The summed E-state index contributed by atoms with van der Waals surface area (Å²) in [5.41, 5.74) is 2.40. The van der Waals surface area contributed by atoms with Crippen LogP contribution < -0.4 is 9.64 Å². The van der Waals surface area contributed by atoms with Gasteiger partial charge in [0.1, 0.15) is 11.0 Å². The van der Waals surface area contributed by atoms with Gasteiger partial charge in [-0.05, 0) is 56.3 Å². The molecule has 9 nitrogen and oxygen atoms in total. The molecule has 0 radical (unpaired) electrons. The SMILES string of the molecule is COc1ccccc1C(=O)COC(=O)c1ccc(N2C(=O)CC(Sc3nc(C)cc(C)n3)C2=O)cc1. The topological polar surface area (TPSA) is 116 Å². The molecule has 2 amide bonds. The summed E-state index contributed by atoms with van der Waals surface area (Å²) in [6, 6.07) is 14.4. The molecule has 1 unspecified atom stereocenters. The molecular weight excluding hydrogens is 482 g/mol. The number of benzene rings is 2. The third kappa shape index (κ3) is 5.44. The standard InChI is InChI=1S/C26H23N3O6S/c1-15-12-16(2)28-26(27-15)36-22-13-23(31)29(24(22)32)18-10-8-17(9-11-18)25(33)35-14-20(30)19-6-4-5-7-21(19)34-3/h4-12,22H,13-14H2,1-3H3. The quantitative estimate of drug-likeness (QED) is 0.196. The van der Waals surface area contributed by atoms with Gasteiger partial charge in [-0.1, -0.05) is 23.9 Å². The normalized spacial score (nSPS) is 15.2. The van der Waals surface area contributed by atoms with Crippen molar-refractivity contribution in [1.82, 2.24) is 9.97 Å². The van der Waals surface area contributed by atoms with Gasteiger partial charge in [0.2, 0.25) is 17.6 Å². The lowest BCUT2D eigenvalue weighted by atomic mass is 10.1. The highest BCUT2D eigenvalue weighted by atomic mass is 32.2. The predicted octanol–water partition coefficient (Wildman–Crippen LogP) is 3.57. The van der Waals surface area contributed by atoms with Crippen LogP contribution in [0.15, 0.2) is 59.8 Å². The molecule has 36 heavy (non-hydrogen) atoms. The number of esters is 1. The molecule has 1 atom stereocenters. The summed E-state index contributed by atoms with van der Waals surface area (Å²) in [5, 5.41) is -0.189. The third-order valence-electron chi connectivity index (χ3n) is 5.42. The number of aromatic nitrogens is 2. The van der Waals surface area contributed by atoms with E-state index in [-0.39, 0.29) is 23.8 Å². The molecular formula is C26H23N3O6S. The van der Waals surface area contributed by atoms with E-state index in [1.165, 1.54) is 31.4 Å². The molecule has 2 heterocycles. The van der Waals surface area contributed by atoms with Crippen LogP contribution in [0.4, 0.5) is 5.69 Å². The van der Waals surface area contributed by atoms with E-state index in [1.807, 2.05) is 19.9 Å². The highest BCUT2D eigenvalue weighted by Gasteiger charge is 2.40. The van der Waals surface area contributed by atoms with Crippen LogP contribution >= 0.6 is 11.8 Å². The Kier molecular flexibility index (Phi) is 7.44. The number of rotatable bonds is 8. The first-order valence-electron chi connectivity index (χ1n) is 11.1. The highest BCUT2D eigenvalue weighted by Crippen LogP contribution is 2.33. The number of hydrogen-bond acceptors (Lipinski definition) is 9. The van der Waals surface area contributed by atoms with E-state index in [2.05, 4.69) is 9.97 Å². The maximum Gasteiger partial charge on any atom is 0.338 e. The van der Waals surface area contributed by atoms with Gasteiger partial charge in [0, 0.05) is 17.8 Å². The van der Waals surface area contributed by atoms with Crippen LogP contribution in [0.2, 0.25) is 0 Å². The molecule has 1 aliphatic heterocycles. The summed E-state index contributed by atoms with van der Waals surface area (Å²) in [5.74, 6) is -1.43. The number of aryl methyl sites for hydroxylation is 2. The van der Waals surface area contributed by atoms with Crippen molar-refractivity contribution < 1.29 is 28.7 Å². The Bertz CT molecular complexity index is 1320. The summed E-state index contributed by atoms with van der Waals surface area (Å²) in [6.07, 6.45) is 0.0225. The van der Waals surface area contributed by atoms with Crippen molar-refractivity contribution in [3.63, 3.8) is 0 Å². The number of amides is 2. The average Bonchev–Trinajstić information content (AvgIpc) is 3.14. The fourth-order valence-corrected chi connectivity index (χ4v) is 4.83. The molecule has 1 saturated heterocycles. The Morgan fingerprint density at radius 1 is 1.03 bits per heavy atom. The monoisotopic (exact) mass is 505 g/mol. The number of hydrogen-bond donors (Lipinski definition) is 0. The van der Waals surface area contributed by atoms with Gasteiger partial charge in [-0.2, -0.15) is 0 Å². The fourth-order valence-electron chi connectivity index (χ4n) is 3.75. The minimum Gasteiger partial charge on any atom is -0.496 e. The zero-order valence-corrected chi connectivity index (χ0v) is 20.7. The lowest BCUT2D eigenvalue weighted by Gasteiger charge is -2.15. The van der Waals surface area contributed by atoms with Gasteiger partial charge in [-0.3, -0.25) is 14.4 Å². The van der Waals surface area contributed by atoms with E-state index in [1.54, 1.807) is 24.3 Å². The summed E-state index contributed by atoms with van der Waals surface area (Å²) < 4.78 is 10.3. The molecule has 0 saturated carbocycles. The molecule has 0 aliphatic carbocycles. The molecule has 184 valence electrons. The van der Waals surface area contributed by atoms with Gasteiger partial charge in [0.15, 0.2) is 11.8 Å². The number of Topliss-reactive ketones (excluding diaryl/α,β-unsaturated/α-hetero) is 1. The zero-order valence-electron chi connectivity index (χ0n) is 19.9. The summed E-state index contributed by atoms with van der Waals surface area (Å²) in [7, 11) is 1.45. The van der Waals surface area contributed by atoms with E-state index in [0.717, 1.165) is 28.0 Å². The minimum absolute atomic E-state index is 0.0225. The lowest BCUT2D eigenvalue weighted by molar-refractivity contribution is -0.121. The molecule has 1 aromatic heterocycles. The Labute approximate surface area is 211 Å². The number of nitrogens with zero attached hydrogens (tertiary/aromatic N) is 3. The van der Waals surface area contributed by atoms with Crippen molar-refractivity contribution in [1.29, 1.82) is 0 Å². The number of carbonyl (C=O) groups excluding carboxylic acids is 4. The predicted molar refractivity (Wildman–Crippen MR) is 132 cm³/mol. The zero-order chi connectivity index (χ0) is 25.8. The fraction of sp³-hybridized carbons (Fsp3) is 0.231. The molecule has 0 N–H and O–H groups in total. The molecule has 1 fully saturated rings. The second kappa shape index (κ2) is 10.7. The smallest absolute Gasteiger partial charge is 0.338 e. The van der Waals surface area contributed by atoms with Crippen molar-refractivity contribution in [3.05, 3.63) is 77.1 Å². The van der Waals surface area contributed by atoms with Crippen LogP contribution in [0, 0.1) is 13.8 Å². The minimum atomic E-state index is -0.704. The second-order valence-electron chi connectivity index (χ2n) is 8.06. The molecule has 0 bridgehead atoms. The Hall–Kier alpha value is -4.05. The van der Waals surface area contributed by atoms with Crippen molar-refractivity contribution in [2.45, 2.75) is 30.7 Å². The van der Waals surface area contributed by atoms with E-state index in [9.17, 15) is 19.2 Å². The number of para-hydroxylation sites is 1. The first-order chi connectivity index (χ1) is 17.3. The number of carbonyl (C=O) groups is 4. The largest absolute Gasteiger partial charge is 0.496 e. The van der Waals surface area contributed by atoms with E-state index < -0.39 is 23.6 Å². The molecule has 4 rings (SSSR count). The Morgan fingerprint density at radius 2 is 1.69 bits per heavy atom. The Balaban J connectivity index is 1.39. The Morgan fingerprint density at radius 3 is 2.36 bits per heavy atom. The van der Waals surface area contributed by atoms with Gasteiger partial charge in [-0.15, -0.1) is 0 Å². The van der Waals surface area contributed by atoms with Crippen molar-refractivity contribution in [2.75, 3.05) is 18.6 Å². The average molecular weight is 506 g/mol. The number of imide groups is 1. The number of methoxy groups -OCH3 is 1. The van der Waals surface area contributed by atoms with E-state index in [4.69, 9.17) is 9.47 Å². The van der Waals surface area contributed by atoms with Crippen LogP contribution in [0.3, 0.4) is 0 Å². The number of anilines is 1. The molecule has 1 aliphatic rings. The van der Waals surface area contributed by atoms with Crippen LogP contribution in [0.1, 0.15) is 38.5 Å². The number of ether oxygens (including phenoxy) is 2. The van der Waals surface area contributed by atoms with Gasteiger partial charge in [0.05, 0.1) is 23.9 Å². The maximum atomic E-state index is 13.0. The van der Waals surface area contributed by atoms with E-state index >= 15 is 0 Å². The maximum absolute atomic E-state index is 13.0. The molecule has 10 heteroatoms. The molecule has 0 spiro atoms. The first-order valence-corrected chi connectivity index (χ1v) is 11.9. The second-order valence-corrected chi connectivity index (χ2v) is 9.23. The van der Waals surface area contributed by atoms with E-state index in [0.29, 0.717) is 22.2 Å². The molecule has 3 aromatic rings. The van der Waals surface area contributed by atoms with Gasteiger partial charge in [0.25, 0.3) is 0 Å².